The molecule has 1 aromatic rings. The van der Waals surface area contributed by atoms with E-state index in [0.29, 0.717) is 11.4 Å². The average molecular weight is 162 g/mol. The van der Waals surface area contributed by atoms with Crippen LogP contribution < -0.4 is 11.5 Å². The van der Waals surface area contributed by atoms with E-state index in [9.17, 15) is 0 Å². The second-order valence-corrected chi connectivity index (χ2v) is 2.86. The molecule has 0 unspecified atom stereocenters. The van der Waals surface area contributed by atoms with Gasteiger partial charge in [0.15, 0.2) is 0 Å². The van der Waals surface area contributed by atoms with E-state index >= 15 is 0 Å². The van der Waals surface area contributed by atoms with Crippen LogP contribution in [0.25, 0.3) is 0 Å². The third kappa shape index (κ3) is 1.42. The lowest BCUT2D eigenvalue weighted by atomic mass is 10.1. The molecule has 2 heteroatoms. The molecule has 0 aromatic heterocycles. The predicted molar refractivity (Wildman–Crippen MR) is 53.9 cm³/mol. The van der Waals surface area contributed by atoms with Crippen LogP contribution in [0.1, 0.15) is 11.1 Å². The minimum Gasteiger partial charge on any atom is -0.397 e. The zero-order valence-electron chi connectivity index (χ0n) is 7.30. The van der Waals surface area contributed by atoms with Gasteiger partial charge in [-0.2, -0.15) is 0 Å². The summed E-state index contributed by atoms with van der Waals surface area (Å²) < 4.78 is 0. The van der Waals surface area contributed by atoms with Gasteiger partial charge in [-0.25, -0.2) is 0 Å². The van der Waals surface area contributed by atoms with Gasteiger partial charge in [-0.3, -0.25) is 0 Å². The van der Waals surface area contributed by atoms with E-state index in [1.807, 2.05) is 25.1 Å². The Hall–Kier alpha value is -1.44. The highest BCUT2D eigenvalue weighted by molar-refractivity contribution is 5.71. The Balaban J connectivity index is 3.16. The first kappa shape index (κ1) is 8.65. The van der Waals surface area contributed by atoms with E-state index in [-0.39, 0.29) is 0 Å². The quantitative estimate of drug-likeness (QED) is 0.515. The number of aryl methyl sites for hydroxylation is 1. The average Bonchev–Trinajstić information content (AvgIpc) is 2.07. The van der Waals surface area contributed by atoms with Gasteiger partial charge in [-0.05, 0) is 24.5 Å². The van der Waals surface area contributed by atoms with Gasteiger partial charge >= 0.3 is 0 Å². The molecule has 0 fully saturated rings. The van der Waals surface area contributed by atoms with E-state index in [1.54, 1.807) is 0 Å². The van der Waals surface area contributed by atoms with Gasteiger partial charge in [-0.1, -0.05) is 18.2 Å². The van der Waals surface area contributed by atoms with Crippen LogP contribution in [-0.2, 0) is 6.42 Å². The van der Waals surface area contributed by atoms with Crippen molar-refractivity contribution < 1.29 is 0 Å². The maximum Gasteiger partial charge on any atom is 0.0586 e. The van der Waals surface area contributed by atoms with Crippen molar-refractivity contribution in [3.63, 3.8) is 0 Å². The largest absolute Gasteiger partial charge is 0.397 e. The molecule has 0 saturated heterocycles. The summed E-state index contributed by atoms with van der Waals surface area (Å²) in [7, 11) is 0. The first-order chi connectivity index (χ1) is 5.66. The van der Waals surface area contributed by atoms with Crippen molar-refractivity contribution >= 4 is 11.4 Å². The van der Waals surface area contributed by atoms with Crippen molar-refractivity contribution in [1.29, 1.82) is 0 Å². The van der Waals surface area contributed by atoms with Crippen LogP contribution in [-0.4, -0.2) is 0 Å². The van der Waals surface area contributed by atoms with Crippen LogP contribution in [0.4, 0.5) is 11.4 Å². The van der Waals surface area contributed by atoms with Gasteiger partial charge in [-0.15, -0.1) is 6.58 Å². The summed E-state index contributed by atoms with van der Waals surface area (Å²) in [6, 6.07) is 3.97. The molecule has 1 aromatic carbocycles. The normalized spacial score (nSPS) is 9.75. The molecule has 0 heterocycles. The van der Waals surface area contributed by atoms with Crippen molar-refractivity contribution in [1.82, 2.24) is 0 Å². The lowest BCUT2D eigenvalue weighted by Gasteiger charge is -2.08. The molecule has 12 heavy (non-hydrogen) atoms. The summed E-state index contributed by atoms with van der Waals surface area (Å²) in [5.41, 5.74) is 15.0. The third-order valence-electron chi connectivity index (χ3n) is 1.96. The van der Waals surface area contributed by atoms with Crippen LogP contribution in [0.2, 0.25) is 0 Å². The minimum atomic E-state index is 0.689. The second kappa shape index (κ2) is 3.30. The standard InChI is InChI=1S/C10H14N2/c1-3-4-8-6-5-7(2)9(11)10(8)12/h3,5-6H,1,4,11-12H2,2H3. The molecule has 0 spiro atoms. The summed E-state index contributed by atoms with van der Waals surface area (Å²) in [6.45, 7) is 5.60. The summed E-state index contributed by atoms with van der Waals surface area (Å²) in [5.74, 6) is 0. The van der Waals surface area contributed by atoms with Crippen molar-refractivity contribution in [2.24, 2.45) is 0 Å². The fourth-order valence-corrected chi connectivity index (χ4v) is 1.12. The minimum absolute atomic E-state index is 0.689. The van der Waals surface area contributed by atoms with Crippen molar-refractivity contribution in [2.45, 2.75) is 13.3 Å². The first-order valence-electron chi connectivity index (χ1n) is 3.91. The van der Waals surface area contributed by atoms with Gasteiger partial charge in [0.2, 0.25) is 0 Å². The number of hydrogen-bond acceptors (Lipinski definition) is 2. The molecular formula is C10H14N2. The van der Waals surface area contributed by atoms with Crippen LogP contribution >= 0.6 is 0 Å². The van der Waals surface area contributed by atoms with Gasteiger partial charge in [0.1, 0.15) is 0 Å². The van der Waals surface area contributed by atoms with E-state index in [0.717, 1.165) is 17.5 Å². The number of allylic oxidation sites excluding steroid dienone is 1. The highest BCUT2D eigenvalue weighted by atomic mass is 14.7. The number of nitrogens with two attached hydrogens (primary N) is 2. The Kier molecular flexibility index (Phi) is 2.38. The Morgan fingerprint density at radius 1 is 1.33 bits per heavy atom. The Bertz CT molecular complexity index is 303. The van der Waals surface area contributed by atoms with Gasteiger partial charge in [0.05, 0.1) is 11.4 Å². The second-order valence-electron chi connectivity index (χ2n) is 2.86. The number of hydrogen-bond donors (Lipinski definition) is 2. The molecule has 0 atom stereocenters. The van der Waals surface area contributed by atoms with Crippen molar-refractivity contribution in [2.75, 3.05) is 11.5 Å². The lowest BCUT2D eigenvalue weighted by molar-refractivity contribution is 1.27. The number of anilines is 2. The Morgan fingerprint density at radius 2 is 2.00 bits per heavy atom. The fourth-order valence-electron chi connectivity index (χ4n) is 1.12. The number of nitrogen functional groups attached to an aromatic ring is 2. The number of rotatable bonds is 2. The molecule has 64 valence electrons. The summed E-state index contributed by atoms with van der Waals surface area (Å²) in [5, 5.41) is 0. The Labute approximate surface area is 72.9 Å². The van der Waals surface area contributed by atoms with E-state index in [2.05, 4.69) is 6.58 Å². The molecule has 1 rings (SSSR count). The molecule has 2 nitrogen and oxygen atoms in total. The van der Waals surface area contributed by atoms with Crippen LogP contribution in [0.5, 0.6) is 0 Å². The van der Waals surface area contributed by atoms with E-state index in [4.69, 9.17) is 11.5 Å². The maximum atomic E-state index is 5.80. The third-order valence-corrected chi connectivity index (χ3v) is 1.96. The summed E-state index contributed by atoms with van der Waals surface area (Å²) >= 11 is 0. The van der Waals surface area contributed by atoms with E-state index < -0.39 is 0 Å². The monoisotopic (exact) mass is 162 g/mol. The molecule has 0 aliphatic carbocycles. The van der Waals surface area contributed by atoms with Crippen LogP contribution in [0, 0.1) is 6.92 Å². The highest BCUT2D eigenvalue weighted by Gasteiger charge is 2.02. The summed E-state index contributed by atoms with van der Waals surface area (Å²) in [4.78, 5) is 0. The lowest BCUT2D eigenvalue weighted by Crippen LogP contribution is -2.01. The van der Waals surface area contributed by atoms with Crippen LogP contribution in [0.3, 0.4) is 0 Å². The molecule has 0 amide bonds. The zero-order chi connectivity index (χ0) is 9.14. The van der Waals surface area contributed by atoms with Crippen LogP contribution in [0.15, 0.2) is 24.8 Å². The smallest absolute Gasteiger partial charge is 0.0586 e. The van der Waals surface area contributed by atoms with Gasteiger partial charge in [0.25, 0.3) is 0 Å². The SMILES string of the molecule is C=CCc1ccc(C)c(N)c1N. The topological polar surface area (TPSA) is 52.0 Å². The molecule has 0 bridgehead atoms. The Morgan fingerprint density at radius 3 is 2.58 bits per heavy atom. The highest BCUT2D eigenvalue weighted by Crippen LogP contribution is 2.23. The van der Waals surface area contributed by atoms with Crippen molar-refractivity contribution in [3.8, 4) is 0 Å². The maximum absolute atomic E-state index is 5.80. The molecular weight excluding hydrogens is 148 g/mol. The molecule has 4 N–H and O–H groups in total. The van der Waals surface area contributed by atoms with Gasteiger partial charge in [0, 0.05) is 0 Å². The molecule has 0 aliphatic heterocycles. The molecule has 0 saturated carbocycles. The molecule has 0 radical (unpaired) electrons. The van der Waals surface area contributed by atoms with E-state index in [1.165, 1.54) is 0 Å². The summed E-state index contributed by atoms with van der Waals surface area (Å²) in [6.07, 6.45) is 2.59. The predicted octanol–water partition coefficient (Wildman–Crippen LogP) is 1.89. The first-order valence-corrected chi connectivity index (χ1v) is 3.91. The number of benzene rings is 1. The molecule has 0 aliphatic rings. The fraction of sp³-hybridized carbons (Fsp3) is 0.200. The van der Waals surface area contributed by atoms with Gasteiger partial charge < -0.3 is 11.5 Å². The zero-order valence-corrected chi connectivity index (χ0v) is 7.30. The van der Waals surface area contributed by atoms with Crippen molar-refractivity contribution in [3.05, 3.63) is 35.9 Å².